The van der Waals surface area contributed by atoms with Crippen molar-refractivity contribution in [2.75, 3.05) is 7.11 Å². The molecule has 0 aromatic heterocycles. The SMILES string of the molecule is COc1cc(/C=N\NC(=O)[C@@H](C)Sc2ccc(C)cc2)cc(Br)c1OCc1ccc(Cl)cc1. The van der Waals surface area contributed by atoms with E-state index in [-0.39, 0.29) is 11.2 Å². The predicted molar refractivity (Wildman–Crippen MR) is 139 cm³/mol. The van der Waals surface area contributed by atoms with Gasteiger partial charge in [-0.25, -0.2) is 5.43 Å². The van der Waals surface area contributed by atoms with Crippen molar-refractivity contribution in [3.8, 4) is 11.5 Å². The summed E-state index contributed by atoms with van der Waals surface area (Å²) in [4.78, 5) is 13.4. The summed E-state index contributed by atoms with van der Waals surface area (Å²) < 4.78 is 12.1. The molecule has 0 aliphatic heterocycles. The lowest BCUT2D eigenvalue weighted by molar-refractivity contribution is -0.120. The largest absolute Gasteiger partial charge is 0.493 e. The molecule has 0 aliphatic rings. The molecule has 1 amide bonds. The monoisotopic (exact) mass is 546 g/mol. The number of hydrogen-bond acceptors (Lipinski definition) is 5. The van der Waals surface area contributed by atoms with Gasteiger partial charge >= 0.3 is 0 Å². The zero-order chi connectivity index (χ0) is 23.8. The van der Waals surface area contributed by atoms with Crippen LogP contribution in [0, 0.1) is 6.92 Å². The fraction of sp³-hybridized carbons (Fsp3) is 0.200. The zero-order valence-corrected chi connectivity index (χ0v) is 21.6. The molecule has 33 heavy (non-hydrogen) atoms. The first-order valence-corrected chi connectivity index (χ1v) is 12.2. The molecule has 0 heterocycles. The van der Waals surface area contributed by atoms with Gasteiger partial charge in [0.2, 0.25) is 0 Å². The summed E-state index contributed by atoms with van der Waals surface area (Å²) >= 11 is 10.9. The van der Waals surface area contributed by atoms with Gasteiger partial charge < -0.3 is 9.47 Å². The van der Waals surface area contributed by atoms with Crippen molar-refractivity contribution in [3.05, 3.63) is 86.8 Å². The number of ether oxygens (including phenoxy) is 2. The van der Waals surface area contributed by atoms with E-state index in [2.05, 4.69) is 26.5 Å². The molecular weight excluding hydrogens is 524 g/mol. The quantitative estimate of drug-likeness (QED) is 0.186. The van der Waals surface area contributed by atoms with Gasteiger partial charge in [0.25, 0.3) is 5.91 Å². The van der Waals surface area contributed by atoms with Crippen LogP contribution in [0.1, 0.15) is 23.6 Å². The lowest BCUT2D eigenvalue weighted by Crippen LogP contribution is -2.26. The molecule has 3 rings (SSSR count). The molecule has 3 aromatic carbocycles. The third kappa shape index (κ3) is 7.52. The van der Waals surface area contributed by atoms with Crippen LogP contribution in [0.2, 0.25) is 5.02 Å². The van der Waals surface area contributed by atoms with E-state index < -0.39 is 0 Å². The van der Waals surface area contributed by atoms with E-state index in [1.54, 1.807) is 19.4 Å². The van der Waals surface area contributed by atoms with Crippen LogP contribution < -0.4 is 14.9 Å². The first-order valence-electron chi connectivity index (χ1n) is 10.2. The average Bonchev–Trinajstić information content (AvgIpc) is 2.80. The molecule has 0 spiro atoms. The van der Waals surface area contributed by atoms with Crippen molar-refractivity contribution < 1.29 is 14.3 Å². The number of aryl methyl sites for hydroxylation is 1. The molecule has 1 N–H and O–H groups in total. The summed E-state index contributed by atoms with van der Waals surface area (Å²) in [5.41, 5.74) is 5.51. The van der Waals surface area contributed by atoms with Crippen LogP contribution in [0.25, 0.3) is 0 Å². The van der Waals surface area contributed by atoms with E-state index in [0.29, 0.717) is 27.6 Å². The Morgan fingerprint density at radius 1 is 1.18 bits per heavy atom. The molecule has 1 atom stereocenters. The molecule has 0 radical (unpaired) electrons. The van der Waals surface area contributed by atoms with E-state index in [4.69, 9.17) is 21.1 Å². The second-order valence-corrected chi connectivity index (χ2v) is 9.96. The minimum absolute atomic E-state index is 0.175. The second-order valence-electron chi connectivity index (χ2n) is 7.26. The highest BCUT2D eigenvalue weighted by Crippen LogP contribution is 2.37. The lowest BCUT2D eigenvalue weighted by atomic mass is 10.2. The normalized spacial score (nSPS) is 11.9. The number of halogens is 2. The van der Waals surface area contributed by atoms with Gasteiger partial charge in [0, 0.05) is 9.92 Å². The molecule has 172 valence electrons. The predicted octanol–water partition coefficient (Wildman–Crippen LogP) is 6.63. The van der Waals surface area contributed by atoms with Crippen LogP contribution in [0.5, 0.6) is 11.5 Å². The Morgan fingerprint density at radius 3 is 2.55 bits per heavy atom. The van der Waals surface area contributed by atoms with Crippen molar-refractivity contribution >= 4 is 51.4 Å². The standard InChI is InChI=1S/C25H24BrClN2O3S/c1-16-4-10-21(11-5-16)33-17(2)25(30)29-28-14-19-12-22(26)24(23(13-19)31-3)32-15-18-6-8-20(27)9-7-18/h4-14,17H,15H2,1-3H3,(H,29,30)/b28-14-/t17-/m1/s1. The summed E-state index contributed by atoms with van der Waals surface area (Å²) in [7, 11) is 1.57. The van der Waals surface area contributed by atoms with Gasteiger partial charge in [-0.05, 0) is 77.3 Å². The highest BCUT2D eigenvalue weighted by molar-refractivity contribution is 9.10. The van der Waals surface area contributed by atoms with Crippen molar-refractivity contribution in [1.82, 2.24) is 5.43 Å². The van der Waals surface area contributed by atoms with Gasteiger partial charge in [-0.3, -0.25) is 4.79 Å². The number of benzene rings is 3. The van der Waals surface area contributed by atoms with E-state index in [1.165, 1.54) is 17.3 Å². The molecular formula is C25H24BrClN2O3S. The molecule has 8 heteroatoms. The van der Waals surface area contributed by atoms with Crippen molar-refractivity contribution in [1.29, 1.82) is 0 Å². The van der Waals surface area contributed by atoms with Gasteiger partial charge in [0.1, 0.15) is 6.61 Å². The zero-order valence-electron chi connectivity index (χ0n) is 18.5. The smallest absolute Gasteiger partial charge is 0.253 e. The van der Waals surface area contributed by atoms with Gasteiger partial charge in [-0.1, -0.05) is 41.4 Å². The molecule has 0 unspecified atom stereocenters. The molecule has 0 fully saturated rings. The first-order chi connectivity index (χ1) is 15.9. The van der Waals surface area contributed by atoms with Gasteiger partial charge in [-0.2, -0.15) is 5.10 Å². The topological polar surface area (TPSA) is 59.9 Å². The Hall–Kier alpha value is -2.48. The molecule has 0 aliphatic carbocycles. The van der Waals surface area contributed by atoms with E-state index in [0.717, 1.165) is 16.0 Å². The lowest BCUT2D eigenvalue weighted by Gasteiger charge is -2.14. The number of carbonyl (C=O) groups is 1. The van der Waals surface area contributed by atoms with Crippen LogP contribution in [0.15, 0.2) is 75.1 Å². The molecule has 0 bridgehead atoms. The number of nitrogens with zero attached hydrogens (tertiary/aromatic N) is 1. The average molecular weight is 548 g/mol. The summed E-state index contributed by atoms with van der Waals surface area (Å²) in [6.45, 7) is 4.25. The number of amides is 1. The van der Waals surface area contributed by atoms with Gasteiger partial charge in [0.05, 0.1) is 23.0 Å². The Labute approximate surface area is 211 Å². The Kier molecular flexibility index (Phi) is 9.23. The summed E-state index contributed by atoms with van der Waals surface area (Å²) in [6.07, 6.45) is 1.57. The number of carbonyl (C=O) groups excluding carboxylic acids is 1. The fourth-order valence-corrected chi connectivity index (χ4v) is 4.39. The Bertz CT molecular complexity index is 1120. The highest BCUT2D eigenvalue weighted by Gasteiger charge is 2.14. The minimum atomic E-state index is -0.283. The summed E-state index contributed by atoms with van der Waals surface area (Å²) in [5, 5.41) is 4.49. The number of nitrogens with one attached hydrogen (secondary N) is 1. The van der Waals surface area contributed by atoms with Crippen LogP contribution in [0.4, 0.5) is 0 Å². The fourth-order valence-electron chi connectivity index (χ4n) is 2.83. The number of methoxy groups -OCH3 is 1. The number of thioether (sulfide) groups is 1. The number of rotatable bonds is 9. The van der Waals surface area contributed by atoms with Crippen molar-refractivity contribution in [3.63, 3.8) is 0 Å². The van der Waals surface area contributed by atoms with Gasteiger partial charge in [0.15, 0.2) is 11.5 Å². The third-order valence-electron chi connectivity index (χ3n) is 4.64. The maximum atomic E-state index is 12.4. The second kappa shape index (κ2) is 12.1. The van der Waals surface area contributed by atoms with E-state index >= 15 is 0 Å². The maximum absolute atomic E-state index is 12.4. The minimum Gasteiger partial charge on any atom is -0.493 e. The summed E-state index contributed by atoms with van der Waals surface area (Å²) in [6, 6.07) is 19.2. The van der Waals surface area contributed by atoms with Crippen LogP contribution in [0.3, 0.4) is 0 Å². The molecule has 5 nitrogen and oxygen atoms in total. The van der Waals surface area contributed by atoms with E-state index in [1.807, 2.05) is 68.4 Å². The number of hydrazone groups is 1. The molecule has 0 saturated heterocycles. The molecule has 0 saturated carbocycles. The van der Waals surface area contributed by atoms with Crippen LogP contribution in [-0.4, -0.2) is 24.5 Å². The third-order valence-corrected chi connectivity index (χ3v) is 6.59. The maximum Gasteiger partial charge on any atom is 0.253 e. The Balaban J connectivity index is 1.60. The first kappa shape index (κ1) is 25.1. The highest BCUT2D eigenvalue weighted by atomic mass is 79.9. The van der Waals surface area contributed by atoms with Crippen molar-refractivity contribution in [2.45, 2.75) is 30.6 Å². The molecule has 3 aromatic rings. The Morgan fingerprint density at radius 2 is 1.88 bits per heavy atom. The van der Waals surface area contributed by atoms with Crippen LogP contribution in [-0.2, 0) is 11.4 Å². The van der Waals surface area contributed by atoms with Crippen molar-refractivity contribution in [2.24, 2.45) is 5.10 Å². The van der Waals surface area contributed by atoms with Crippen LogP contribution >= 0.6 is 39.3 Å². The number of hydrogen-bond donors (Lipinski definition) is 1. The van der Waals surface area contributed by atoms with Gasteiger partial charge in [-0.15, -0.1) is 11.8 Å². The summed E-state index contributed by atoms with van der Waals surface area (Å²) in [5.74, 6) is 0.955. The van der Waals surface area contributed by atoms with E-state index in [9.17, 15) is 4.79 Å².